The molecule has 0 radical (unpaired) electrons. The standard InChI is InChI=1S/C16H19FN2O3S/c1-10-14(12(9-17)19-16(23)18-10)15(20)22-8-7-11-5-3-4-6-13(11)21-2/h3-6,12H,7-9H2,1-2H3,(H2,18,19,23). The third-order valence-corrected chi connectivity index (χ3v) is 3.75. The third-order valence-electron chi connectivity index (χ3n) is 3.53. The Kier molecular flexibility index (Phi) is 5.92. The van der Waals surface area contributed by atoms with Crippen LogP contribution in [0.2, 0.25) is 0 Å². The average molecular weight is 338 g/mol. The highest BCUT2D eigenvalue weighted by Crippen LogP contribution is 2.19. The summed E-state index contributed by atoms with van der Waals surface area (Å²) in [6.07, 6.45) is 0.516. The number of esters is 1. The molecule has 0 saturated heterocycles. The van der Waals surface area contributed by atoms with Gasteiger partial charge in [-0.3, -0.25) is 0 Å². The molecule has 1 aromatic rings. The maximum absolute atomic E-state index is 13.1. The van der Waals surface area contributed by atoms with Crippen molar-refractivity contribution < 1.29 is 18.7 Å². The van der Waals surface area contributed by atoms with Crippen LogP contribution in [-0.4, -0.2) is 37.5 Å². The lowest BCUT2D eigenvalue weighted by Crippen LogP contribution is -2.50. The van der Waals surface area contributed by atoms with Gasteiger partial charge in [-0.2, -0.15) is 0 Å². The number of carbonyl (C=O) groups excluding carboxylic acids is 1. The number of carbonyl (C=O) groups is 1. The Morgan fingerprint density at radius 3 is 2.83 bits per heavy atom. The highest BCUT2D eigenvalue weighted by Gasteiger charge is 2.29. The van der Waals surface area contributed by atoms with Crippen LogP contribution < -0.4 is 15.4 Å². The lowest BCUT2D eigenvalue weighted by atomic mass is 10.0. The molecule has 2 rings (SSSR count). The molecule has 23 heavy (non-hydrogen) atoms. The van der Waals surface area contributed by atoms with E-state index in [0.29, 0.717) is 17.2 Å². The molecular formula is C16H19FN2O3S. The topological polar surface area (TPSA) is 59.6 Å². The van der Waals surface area contributed by atoms with Crippen LogP contribution in [0.15, 0.2) is 35.5 Å². The third kappa shape index (κ3) is 4.19. The molecule has 1 aromatic carbocycles. The summed E-state index contributed by atoms with van der Waals surface area (Å²) in [7, 11) is 1.59. The summed E-state index contributed by atoms with van der Waals surface area (Å²) in [6.45, 7) is 1.11. The van der Waals surface area contributed by atoms with E-state index in [1.165, 1.54) is 0 Å². The quantitative estimate of drug-likeness (QED) is 0.610. The minimum Gasteiger partial charge on any atom is -0.496 e. The molecule has 0 amide bonds. The van der Waals surface area contributed by atoms with E-state index < -0.39 is 18.7 Å². The summed E-state index contributed by atoms with van der Waals surface area (Å²) in [6, 6.07) is 6.74. The molecule has 1 aliphatic rings. The molecule has 1 atom stereocenters. The Balaban J connectivity index is 1.99. The SMILES string of the molecule is COc1ccccc1CCOC(=O)C1=C(C)NC(=S)NC1CF. The summed E-state index contributed by atoms with van der Waals surface area (Å²) in [5.74, 6) is 0.189. The molecule has 1 heterocycles. The van der Waals surface area contributed by atoms with E-state index in [1.54, 1.807) is 14.0 Å². The fraction of sp³-hybridized carbons (Fsp3) is 0.375. The number of para-hydroxylation sites is 1. The zero-order valence-corrected chi connectivity index (χ0v) is 13.8. The Morgan fingerprint density at radius 1 is 1.39 bits per heavy atom. The summed E-state index contributed by atoms with van der Waals surface area (Å²) < 4.78 is 23.6. The first-order valence-electron chi connectivity index (χ1n) is 7.20. The predicted octanol–water partition coefficient (Wildman–Crippen LogP) is 1.87. The van der Waals surface area contributed by atoms with E-state index in [9.17, 15) is 9.18 Å². The zero-order valence-electron chi connectivity index (χ0n) is 13.0. The lowest BCUT2D eigenvalue weighted by Gasteiger charge is -2.27. The normalized spacial score (nSPS) is 17.3. The summed E-state index contributed by atoms with van der Waals surface area (Å²) in [4.78, 5) is 12.2. The lowest BCUT2D eigenvalue weighted by molar-refractivity contribution is -0.139. The first-order valence-corrected chi connectivity index (χ1v) is 7.61. The highest BCUT2D eigenvalue weighted by molar-refractivity contribution is 7.80. The maximum atomic E-state index is 13.1. The molecule has 0 fully saturated rings. The molecule has 1 unspecified atom stereocenters. The van der Waals surface area contributed by atoms with Gasteiger partial charge in [-0.15, -0.1) is 0 Å². The number of alkyl halides is 1. The molecule has 0 aromatic heterocycles. The zero-order chi connectivity index (χ0) is 16.8. The van der Waals surface area contributed by atoms with Crippen LogP contribution in [0, 0.1) is 0 Å². The number of rotatable bonds is 6. The predicted molar refractivity (Wildman–Crippen MR) is 89.0 cm³/mol. The van der Waals surface area contributed by atoms with Gasteiger partial charge in [0.15, 0.2) is 5.11 Å². The highest BCUT2D eigenvalue weighted by atomic mass is 32.1. The Hall–Kier alpha value is -2.15. The van der Waals surface area contributed by atoms with E-state index in [2.05, 4.69) is 10.6 Å². The average Bonchev–Trinajstić information content (AvgIpc) is 2.54. The summed E-state index contributed by atoms with van der Waals surface area (Å²) >= 11 is 4.96. The molecule has 0 aliphatic carbocycles. The van der Waals surface area contributed by atoms with Crippen LogP contribution in [0.4, 0.5) is 4.39 Å². The number of ether oxygens (including phenoxy) is 2. The first kappa shape index (κ1) is 17.2. The van der Waals surface area contributed by atoms with Gasteiger partial charge in [-0.05, 0) is 30.8 Å². The fourth-order valence-corrected chi connectivity index (χ4v) is 2.71. The Labute approximate surface area is 139 Å². The van der Waals surface area contributed by atoms with Gasteiger partial charge in [-0.25, -0.2) is 9.18 Å². The van der Waals surface area contributed by atoms with Crippen molar-refractivity contribution in [1.29, 1.82) is 0 Å². The van der Waals surface area contributed by atoms with Gasteiger partial charge in [0, 0.05) is 12.1 Å². The van der Waals surface area contributed by atoms with Crippen molar-refractivity contribution in [3.63, 3.8) is 0 Å². The smallest absolute Gasteiger partial charge is 0.337 e. The van der Waals surface area contributed by atoms with E-state index in [-0.39, 0.29) is 12.2 Å². The van der Waals surface area contributed by atoms with Crippen LogP contribution in [0.1, 0.15) is 12.5 Å². The monoisotopic (exact) mass is 338 g/mol. The molecule has 0 saturated carbocycles. The van der Waals surface area contributed by atoms with Gasteiger partial charge >= 0.3 is 5.97 Å². The molecule has 124 valence electrons. The fourth-order valence-electron chi connectivity index (χ4n) is 2.42. The van der Waals surface area contributed by atoms with E-state index in [4.69, 9.17) is 21.7 Å². The van der Waals surface area contributed by atoms with E-state index in [1.807, 2.05) is 24.3 Å². The molecular weight excluding hydrogens is 319 g/mol. The number of thiocarbonyl (C=S) groups is 1. The van der Waals surface area contributed by atoms with E-state index in [0.717, 1.165) is 11.3 Å². The van der Waals surface area contributed by atoms with Crippen molar-refractivity contribution in [1.82, 2.24) is 10.6 Å². The summed E-state index contributed by atoms with van der Waals surface area (Å²) in [5.41, 5.74) is 1.69. The molecule has 0 spiro atoms. The largest absolute Gasteiger partial charge is 0.496 e. The molecule has 5 nitrogen and oxygen atoms in total. The van der Waals surface area contributed by atoms with Crippen molar-refractivity contribution in [3.8, 4) is 5.75 Å². The second-order valence-corrected chi connectivity index (χ2v) is 5.45. The maximum Gasteiger partial charge on any atom is 0.337 e. The van der Waals surface area contributed by atoms with Gasteiger partial charge in [0.1, 0.15) is 12.4 Å². The van der Waals surface area contributed by atoms with Gasteiger partial charge in [0.05, 0.1) is 25.3 Å². The number of methoxy groups -OCH3 is 1. The van der Waals surface area contributed by atoms with Gasteiger partial charge < -0.3 is 20.1 Å². The minimum atomic E-state index is -0.775. The number of allylic oxidation sites excluding steroid dienone is 1. The molecule has 2 N–H and O–H groups in total. The van der Waals surface area contributed by atoms with Gasteiger partial charge in [-0.1, -0.05) is 18.2 Å². The van der Waals surface area contributed by atoms with Crippen LogP contribution in [0.25, 0.3) is 0 Å². The van der Waals surface area contributed by atoms with Gasteiger partial charge in [0.2, 0.25) is 0 Å². The molecule has 0 bridgehead atoms. The number of hydrogen-bond donors (Lipinski definition) is 2. The van der Waals surface area contributed by atoms with Crippen LogP contribution >= 0.6 is 12.2 Å². The van der Waals surface area contributed by atoms with Gasteiger partial charge in [0.25, 0.3) is 0 Å². The molecule has 7 heteroatoms. The van der Waals surface area contributed by atoms with Crippen molar-refractivity contribution in [2.45, 2.75) is 19.4 Å². The van der Waals surface area contributed by atoms with Crippen LogP contribution in [0.5, 0.6) is 5.75 Å². The Bertz CT molecular complexity index is 634. The number of halogens is 1. The van der Waals surface area contributed by atoms with Crippen molar-refractivity contribution in [2.75, 3.05) is 20.4 Å². The summed E-state index contributed by atoms with van der Waals surface area (Å²) in [5, 5.41) is 5.84. The number of benzene rings is 1. The van der Waals surface area contributed by atoms with Crippen LogP contribution in [0.3, 0.4) is 0 Å². The second-order valence-electron chi connectivity index (χ2n) is 5.04. The molecule has 1 aliphatic heterocycles. The van der Waals surface area contributed by atoms with E-state index >= 15 is 0 Å². The van der Waals surface area contributed by atoms with Crippen molar-refractivity contribution in [3.05, 3.63) is 41.1 Å². The van der Waals surface area contributed by atoms with Crippen LogP contribution in [-0.2, 0) is 16.0 Å². The van der Waals surface area contributed by atoms with Crippen molar-refractivity contribution >= 4 is 23.3 Å². The number of nitrogens with one attached hydrogen (secondary N) is 2. The minimum absolute atomic E-state index is 0.180. The Morgan fingerprint density at radius 2 is 2.13 bits per heavy atom. The first-order chi connectivity index (χ1) is 11.1. The second kappa shape index (κ2) is 7.92. The number of hydrogen-bond acceptors (Lipinski definition) is 4. The van der Waals surface area contributed by atoms with Crippen molar-refractivity contribution in [2.24, 2.45) is 0 Å².